The highest BCUT2D eigenvalue weighted by atomic mass is 16.6. The smallest absolute Gasteiger partial charge is 0.224 e. The molecule has 1 saturated carbocycles. The maximum atomic E-state index is 12.2. The maximum Gasteiger partial charge on any atom is 0.224 e. The molecule has 3 rings (SSSR count). The first-order valence-corrected chi connectivity index (χ1v) is 7.44. The molecule has 1 aromatic rings. The molecule has 2 aliphatic rings. The number of hydrogen-bond donors (Lipinski definition) is 2. The average Bonchev–Trinajstić information content (AvgIpc) is 3.09. The van der Waals surface area contributed by atoms with Gasteiger partial charge in [0, 0.05) is 18.4 Å². The van der Waals surface area contributed by atoms with Gasteiger partial charge >= 0.3 is 0 Å². The van der Waals surface area contributed by atoms with E-state index in [4.69, 9.17) is 10.5 Å². The molecule has 1 aliphatic heterocycles. The van der Waals surface area contributed by atoms with Crippen molar-refractivity contribution in [1.82, 2.24) is 5.32 Å². The summed E-state index contributed by atoms with van der Waals surface area (Å²) in [5.74, 6) is -1.01. The van der Waals surface area contributed by atoms with Gasteiger partial charge in [-0.25, -0.2) is 0 Å². The average molecular weight is 288 g/mol. The van der Waals surface area contributed by atoms with Crippen molar-refractivity contribution in [2.75, 3.05) is 6.54 Å². The second kappa shape index (κ2) is 5.85. The van der Waals surface area contributed by atoms with Gasteiger partial charge in [-0.1, -0.05) is 36.8 Å². The summed E-state index contributed by atoms with van der Waals surface area (Å²) in [5, 5.41) is 2.90. The number of nitrogens with two attached hydrogens (primary N) is 1. The monoisotopic (exact) mass is 288 g/mol. The molecule has 5 nitrogen and oxygen atoms in total. The van der Waals surface area contributed by atoms with E-state index < -0.39 is 0 Å². The van der Waals surface area contributed by atoms with E-state index in [1.807, 2.05) is 30.3 Å². The van der Waals surface area contributed by atoms with E-state index in [0.717, 1.165) is 24.8 Å². The molecule has 0 spiro atoms. The van der Waals surface area contributed by atoms with Crippen LogP contribution in [0.2, 0.25) is 0 Å². The number of hydrogen-bond acceptors (Lipinski definition) is 3. The van der Waals surface area contributed by atoms with Crippen molar-refractivity contribution in [3.05, 3.63) is 35.9 Å². The number of carbonyl (C=O) groups excluding carboxylic acids is 2. The fraction of sp³-hybridized carbons (Fsp3) is 0.500. The summed E-state index contributed by atoms with van der Waals surface area (Å²) in [4.78, 5) is 23.5. The fourth-order valence-electron chi connectivity index (χ4n) is 3.18. The number of rotatable bonds is 5. The SMILES string of the molecule is NC(=O)C1CCCC1C(=O)NCC1OC1c1ccccc1. The van der Waals surface area contributed by atoms with Crippen LogP contribution in [0.15, 0.2) is 30.3 Å². The van der Waals surface area contributed by atoms with E-state index in [0.29, 0.717) is 6.54 Å². The number of epoxide rings is 1. The molecule has 2 fully saturated rings. The van der Waals surface area contributed by atoms with Crippen LogP contribution in [0.4, 0.5) is 0 Å². The Morgan fingerprint density at radius 1 is 1.19 bits per heavy atom. The Hall–Kier alpha value is -1.88. The molecule has 0 bridgehead atoms. The molecule has 0 radical (unpaired) electrons. The second-order valence-corrected chi connectivity index (χ2v) is 5.80. The second-order valence-electron chi connectivity index (χ2n) is 5.80. The normalized spacial score (nSPS) is 30.9. The lowest BCUT2D eigenvalue weighted by Crippen LogP contribution is -2.39. The summed E-state index contributed by atoms with van der Waals surface area (Å²) in [7, 11) is 0. The lowest BCUT2D eigenvalue weighted by molar-refractivity contribution is -0.132. The predicted molar refractivity (Wildman–Crippen MR) is 77.1 cm³/mol. The molecule has 4 unspecified atom stereocenters. The Bertz CT molecular complexity index is 532. The van der Waals surface area contributed by atoms with Crippen LogP contribution < -0.4 is 11.1 Å². The van der Waals surface area contributed by atoms with Crippen LogP contribution >= 0.6 is 0 Å². The Balaban J connectivity index is 1.48. The van der Waals surface area contributed by atoms with Crippen LogP contribution in [0.5, 0.6) is 0 Å². The molecule has 21 heavy (non-hydrogen) atoms. The third kappa shape index (κ3) is 3.08. The highest BCUT2D eigenvalue weighted by Gasteiger charge is 2.41. The predicted octanol–water partition coefficient (Wildman–Crippen LogP) is 1.14. The molecule has 112 valence electrons. The molecule has 1 heterocycles. The topological polar surface area (TPSA) is 84.7 Å². The molecular formula is C16H20N2O3. The third-order valence-corrected chi connectivity index (χ3v) is 4.41. The number of amides is 2. The van der Waals surface area contributed by atoms with Gasteiger partial charge in [-0.3, -0.25) is 9.59 Å². The van der Waals surface area contributed by atoms with Crippen molar-refractivity contribution in [2.45, 2.75) is 31.5 Å². The largest absolute Gasteiger partial charge is 0.369 e. The van der Waals surface area contributed by atoms with Gasteiger partial charge in [-0.2, -0.15) is 0 Å². The van der Waals surface area contributed by atoms with E-state index in [1.165, 1.54) is 0 Å². The van der Waals surface area contributed by atoms with Gasteiger partial charge in [0.1, 0.15) is 12.2 Å². The van der Waals surface area contributed by atoms with Crippen LogP contribution in [0, 0.1) is 11.8 Å². The summed E-state index contributed by atoms with van der Waals surface area (Å²) >= 11 is 0. The molecule has 1 aliphatic carbocycles. The van der Waals surface area contributed by atoms with E-state index >= 15 is 0 Å². The number of primary amides is 1. The zero-order valence-corrected chi connectivity index (χ0v) is 11.8. The minimum Gasteiger partial charge on any atom is -0.369 e. The van der Waals surface area contributed by atoms with Gasteiger partial charge in [0.15, 0.2) is 0 Å². The summed E-state index contributed by atoms with van der Waals surface area (Å²) in [6, 6.07) is 9.96. The van der Waals surface area contributed by atoms with E-state index in [2.05, 4.69) is 5.32 Å². The third-order valence-electron chi connectivity index (χ3n) is 4.41. The number of ether oxygens (including phenoxy) is 1. The van der Waals surface area contributed by atoms with Gasteiger partial charge in [0.2, 0.25) is 11.8 Å². The van der Waals surface area contributed by atoms with Crippen LogP contribution in [-0.4, -0.2) is 24.5 Å². The number of benzene rings is 1. The Morgan fingerprint density at radius 2 is 1.90 bits per heavy atom. The van der Waals surface area contributed by atoms with Crippen LogP contribution in [0.1, 0.15) is 30.9 Å². The first kappa shape index (κ1) is 14.1. The number of carbonyl (C=O) groups is 2. The van der Waals surface area contributed by atoms with Crippen LogP contribution in [0.3, 0.4) is 0 Å². The standard InChI is InChI=1S/C16H20N2O3/c17-15(19)11-7-4-8-12(11)16(20)18-9-13-14(21-13)10-5-2-1-3-6-10/h1-3,5-6,11-14H,4,7-9H2,(H2,17,19)(H,18,20). The zero-order valence-electron chi connectivity index (χ0n) is 11.8. The summed E-state index contributed by atoms with van der Waals surface area (Å²) in [5.41, 5.74) is 6.48. The van der Waals surface area contributed by atoms with E-state index in [-0.39, 0.29) is 35.9 Å². The Morgan fingerprint density at radius 3 is 2.62 bits per heavy atom. The summed E-state index contributed by atoms with van der Waals surface area (Å²) in [6.45, 7) is 0.486. The first-order chi connectivity index (χ1) is 10.2. The zero-order chi connectivity index (χ0) is 14.8. The summed E-state index contributed by atoms with van der Waals surface area (Å²) in [6.07, 6.45) is 2.46. The van der Waals surface area contributed by atoms with E-state index in [9.17, 15) is 9.59 Å². The molecule has 0 aromatic heterocycles. The first-order valence-electron chi connectivity index (χ1n) is 7.44. The Labute approximate surface area is 123 Å². The van der Waals surface area contributed by atoms with Crippen molar-refractivity contribution in [3.8, 4) is 0 Å². The lowest BCUT2D eigenvalue weighted by Gasteiger charge is -2.15. The highest BCUT2D eigenvalue weighted by Crippen LogP contribution is 2.38. The van der Waals surface area contributed by atoms with Crippen LogP contribution in [-0.2, 0) is 14.3 Å². The number of nitrogens with one attached hydrogen (secondary N) is 1. The van der Waals surface area contributed by atoms with Crippen molar-refractivity contribution < 1.29 is 14.3 Å². The van der Waals surface area contributed by atoms with Crippen molar-refractivity contribution in [3.63, 3.8) is 0 Å². The van der Waals surface area contributed by atoms with Crippen molar-refractivity contribution in [2.24, 2.45) is 17.6 Å². The van der Waals surface area contributed by atoms with Crippen molar-refractivity contribution >= 4 is 11.8 Å². The molecule has 5 heteroatoms. The summed E-state index contributed by atoms with van der Waals surface area (Å²) < 4.78 is 5.58. The molecular weight excluding hydrogens is 268 g/mol. The van der Waals surface area contributed by atoms with Crippen molar-refractivity contribution in [1.29, 1.82) is 0 Å². The lowest BCUT2D eigenvalue weighted by atomic mass is 9.94. The van der Waals surface area contributed by atoms with Gasteiger partial charge in [0.05, 0.1) is 0 Å². The quantitative estimate of drug-likeness (QED) is 0.797. The van der Waals surface area contributed by atoms with Gasteiger partial charge < -0.3 is 15.8 Å². The van der Waals surface area contributed by atoms with Gasteiger partial charge in [-0.15, -0.1) is 0 Å². The fourth-order valence-corrected chi connectivity index (χ4v) is 3.18. The minimum absolute atomic E-state index is 0.0322. The molecule has 1 aromatic carbocycles. The van der Waals surface area contributed by atoms with E-state index in [1.54, 1.807) is 0 Å². The minimum atomic E-state index is -0.363. The van der Waals surface area contributed by atoms with Gasteiger partial charge in [0.25, 0.3) is 0 Å². The Kier molecular flexibility index (Phi) is 3.92. The highest BCUT2D eigenvalue weighted by molar-refractivity contribution is 5.87. The molecule has 3 N–H and O–H groups in total. The molecule has 2 amide bonds. The molecule has 4 atom stereocenters. The maximum absolute atomic E-state index is 12.2. The molecule has 1 saturated heterocycles. The van der Waals surface area contributed by atoms with Gasteiger partial charge in [-0.05, 0) is 18.4 Å². The van der Waals surface area contributed by atoms with Crippen LogP contribution in [0.25, 0.3) is 0 Å².